The number of phosphoric acid groups is 1. The summed E-state index contributed by atoms with van der Waals surface area (Å²) in [5.41, 5.74) is 0. The number of unbranched alkanes of at least 4 members (excludes halogenated alkanes) is 60. The number of nitrogens with zero attached hydrogens (tertiary/aromatic N) is 1. The third kappa shape index (κ3) is 88.4. The van der Waals surface area contributed by atoms with E-state index in [9.17, 15) is 19.0 Å². The predicted molar refractivity (Wildman–Crippen MR) is 453 cm³/mol. The highest BCUT2D eigenvalue weighted by Gasteiger charge is 2.22. The zero-order valence-electron chi connectivity index (χ0n) is 70.0. The Balaban J connectivity index is 3.83. The van der Waals surface area contributed by atoms with E-state index in [1.165, 1.54) is 366 Å². The fraction of sp³-hybridized carbons (Fsp3) is 0.851. The first-order valence-electron chi connectivity index (χ1n) is 45.6. The summed E-state index contributed by atoms with van der Waals surface area (Å²) in [7, 11) is 1.19. The van der Waals surface area contributed by atoms with Crippen molar-refractivity contribution >= 4 is 19.8 Å². The number of carbonyl (C=O) groups excluding carboxylic acids is 2. The molecule has 0 aromatic heterocycles. The van der Waals surface area contributed by atoms with E-state index in [1.54, 1.807) is 0 Å². The molecule has 10 heteroatoms. The summed E-state index contributed by atoms with van der Waals surface area (Å²) in [6, 6.07) is 0. The summed E-state index contributed by atoms with van der Waals surface area (Å²) >= 11 is 0. The lowest BCUT2D eigenvalue weighted by atomic mass is 10.0. The number of likely N-dealkylation sites (N-methyl/N-ethyl adjacent to an activating group) is 1. The van der Waals surface area contributed by atoms with Gasteiger partial charge < -0.3 is 27.9 Å². The molecule has 0 heterocycles. The van der Waals surface area contributed by atoms with E-state index in [-0.39, 0.29) is 32.0 Å². The molecular weight excluding hydrogens is 1300 g/mol. The SMILES string of the molecule is CC/C=C\C/C=C\C/C=C\C/C=C\CCCCCCCCCCCCCCCCCCCCCCCCCCCCCCC(=O)OC(COC(=O)CCCCCCCCCCCCCCCCCCCCCCCCCCCCC/C=C\C/C=C\CCCCCCC)COP(=O)([O-])OCC[N+](C)(C)C. The number of esters is 2. The van der Waals surface area contributed by atoms with Gasteiger partial charge in [-0.25, -0.2) is 0 Å². The van der Waals surface area contributed by atoms with Crippen molar-refractivity contribution in [3.05, 3.63) is 72.9 Å². The normalized spacial score (nSPS) is 13.2. The van der Waals surface area contributed by atoms with Crippen LogP contribution >= 0.6 is 7.82 Å². The van der Waals surface area contributed by atoms with Gasteiger partial charge in [-0.05, 0) is 83.5 Å². The second-order valence-corrected chi connectivity index (χ2v) is 33.7. The molecule has 2 unspecified atom stereocenters. The molecule has 0 saturated heterocycles. The summed E-state index contributed by atoms with van der Waals surface area (Å²) in [6.07, 6.45) is 117. The molecule has 2 atom stereocenters. The highest BCUT2D eigenvalue weighted by atomic mass is 31.2. The van der Waals surface area contributed by atoms with E-state index in [2.05, 4.69) is 86.8 Å². The first-order chi connectivity index (χ1) is 51.0. The van der Waals surface area contributed by atoms with Crippen LogP contribution in [0.2, 0.25) is 0 Å². The summed E-state index contributed by atoms with van der Waals surface area (Å²) in [4.78, 5) is 38.3. The smallest absolute Gasteiger partial charge is 0.306 e. The van der Waals surface area contributed by atoms with Gasteiger partial charge in [0.25, 0.3) is 7.82 Å². The number of hydrogen-bond acceptors (Lipinski definition) is 8. The van der Waals surface area contributed by atoms with Gasteiger partial charge in [0.05, 0.1) is 27.7 Å². The van der Waals surface area contributed by atoms with Gasteiger partial charge in [0.2, 0.25) is 0 Å². The lowest BCUT2D eigenvalue weighted by Gasteiger charge is -2.28. The van der Waals surface area contributed by atoms with Gasteiger partial charge in [-0.3, -0.25) is 14.2 Å². The fourth-order valence-electron chi connectivity index (χ4n) is 13.8. The second-order valence-electron chi connectivity index (χ2n) is 32.3. The fourth-order valence-corrected chi connectivity index (χ4v) is 14.5. The van der Waals surface area contributed by atoms with Crippen molar-refractivity contribution in [2.75, 3.05) is 47.5 Å². The van der Waals surface area contributed by atoms with Crippen LogP contribution in [-0.4, -0.2) is 70.0 Å². The molecule has 0 bridgehead atoms. The minimum absolute atomic E-state index is 0.0278. The van der Waals surface area contributed by atoms with Crippen molar-refractivity contribution in [2.24, 2.45) is 0 Å². The average Bonchev–Trinajstić information content (AvgIpc) is 0.920. The monoisotopic (exact) mass is 1480 g/mol. The third-order valence-electron chi connectivity index (χ3n) is 20.7. The largest absolute Gasteiger partial charge is 0.756 e. The number of quaternary nitrogens is 1. The Kier molecular flexibility index (Phi) is 82.4. The minimum atomic E-state index is -4.65. The number of hydrogen-bond donors (Lipinski definition) is 0. The predicted octanol–water partition coefficient (Wildman–Crippen LogP) is 30.3. The van der Waals surface area contributed by atoms with Gasteiger partial charge in [-0.2, -0.15) is 0 Å². The second kappa shape index (κ2) is 84.5. The number of carbonyl (C=O) groups is 2. The number of allylic oxidation sites excluding steroid dienone is 12. The van der Waals surface area contributed by atoms with Crippen LogP contribution in [0.1, 0.15) is 463 Å². The van der Waals surface area contributed by atoms with E-state index >= 15 is 0 Å². The molecule has 104 heavy (non-hydrogen) atoms. The highest BCUT2D eigenvalue weighted by molar-refractivity contribution is 7.45. The number of ether oxygens (including phenoxy) is 2. The van der Waals surface area contributed by atoms with Gasteiger partial charge >= 0.3 is 11.9 Å². The Morgan fingerprint density at radius 2 is 0.548 bits per heavy atom. The maximum absolute atomic E-state index is 12.9. The van der Waals surface area contributed by atoms with Gasteiger partial charge in [0, 0.05) is 12.8 Å². The van der Waals surface area contributed by atoms with Gasteiger partial charge in [0.1, 0.15) is 19.8 Å². The molecule has 0 aliphatic carbocycles. The average molecular weight is 1480 g/mol. The van der Waals surface area contributed by atoms with Crippen molar-refractivity contribution in [2.45, 2.75) is 469 Å². The molecule has 0 fully saturated rings. The van der Waals surface area contributed by atoms with Crippen LogP contribution < -0.4 is 4.89 Å². The standard InChI is InChI=1S/C94H176NO8P/c1-6-8-10-12-14-16-18-20-22-24-26-28-30-32-34-36-38-40-42-44-46-47-49-51-53-55-57-59-61-63-65-67-69-71-73-75-77-79-81-83-85-87-94(97)103-92(91-102-104(98,99)101-89-88-95(3,4)5)90-100-93(96)86-84-82-80-78-76-74-72-70-68-66-64-62-60-58-56-54-52-50-48-45-43-41-39-37-35-33-31-29-27-25-23-21-19-17-15-13-11-9-7-2/h8,10,14,16,19-22,25-28,92H,6-7,9,11-13,15,17-18,23-24,29-91H2,1-5H3/b10-8-,16-14-,21-19-,22-20-,27-25-,28-26-. The Hall–Kier alpha value is -2.55. The summed E-state index contributed by atoms with van der Waals surface area (Å²) in [5.74, 6) is -0.805. The van der Waals surface area contributed by atoms with Crippen molar-refractivity contribution in [1.29, 1.82) is 0 Å². The van der Waals surface area contributed by atoms with Crippen LogP contribution in [0.5, 0.6) is 0 Å². The minimum Gasteiger partial charge on any atom is -0.756 e. The van der Waals surface area contributed by atoms with Crippen LogP contribution in [0.3, 0.4) is 0 Å². The quantitative estimate of drug-likeness (QED) is 0.0195. The van der Waals surface area contributed by atoms with E-state index in [0.717, 1.165) is 64.2 Å². The molecule has 0 radical (unpaired) electrons. The molecule has 0 aromatic carbocycles. The molecule has 0 amide bonds. The molecule has 9 nitrogen and oxygen atoms in total. The maximum Gasteiger partial charge on any atom is 0.306 e. The van der Waals surface area contributed by atoms with Crippen molar-refractivity contribution in [1.82, 2.24) is 0 Å². The zero-order chi connectivity index (χ0) is 75.4. The Labute approximate surface area is 648 Å². The van der Waals surface area contributed by atoms with E-state index in [1.807, 2.05) is 21.1 Å². The molecule has 0 rings (SSSR count). The molecule has 0 aliphatic heterocycles. The third-order valence-corrected chi connectivity index (χ3v) is 21.7. The van der Waals surface area contributed by atoms with E-state index in [4.69, 9.17) is 18.5 Å². The van der Waals surface area contributed by atoms with Crippen LogP contribution in [0, 0.1) is 0 Å². The molecule has 610 valence electrons. The first-order valence-corrected chi connectivity index (χ1v) is 47.1. The Morgan fingerprint density at radius 3 is 0.817 bits per heavy atom. The van der Waals surface area contributed by atoms with Gasteiger partial charge in [-0.1, -0.05) is 440 Å². The lowest BCUT2D eigenvalue weighted by Crippen LogP contribution is -2.37. The Bertz CT molecular complexity index is 1990. The first kappa shape index (κ1) is 101. The summed E-state index contributed by atoms with van der Waals surface area (Å²) < 4.78 is 34.5. The molecular formula is C94H176NO8P. The van der Waals surface area contributed by atoms with E-state index < -0.39 is 26.5 Å². The molecule has 0 N–H and O–H groups in total. The van der Waals surface area contributed by atoms with Crippen LogP contribution in [-0.2, 0) is 32.7 Å². The van der Waals surface area contributed by atoms with E-state index in [0.29, 0.717) is 17.4 Å². The summed E-state index contributed by atoms with van der Waals surface area (Å²) in [5, 5.41) is 0. The van der Waals surface area contributed by atoms with Crippen molar-refractivity contribution in [3.8, 4) is 0 Å². The molecule has 0 spiro atoms. The van der Waals surface area contributed by atoms with Crippen LogP contribution in [0.25, 0.3) is 0 Å². The number of phosphoric ester groups is 1. The Morgan fingerprint density at radius 1 is 0.308 bits per heavy atom. The zero-order valence-corrected chi connectivity index (χ0v) is 70.9. The summed E-state index contributed by atoms with van der Waals surface area (Å²) in [6.45, 7) is 4.20. The molecule has 0 aromatic rings. The molecule has 0 saturated carbocycles. The van der Waals surface area contributed by atoms with Crippen LogP contribution in [0.4, 0.5) is 0 Å². The molecule has 0 aliphatic rings. The lowest BCUT2D eigenvalue weighted by molar-refractivity contribution is -0.870. The van der Waals surface area contributed by atoms with Crippen LogP contribution in [0.15, 0.2) is 72.9 Å². The van der Waals surface area contributed by atoms with Crippen molar-refractivity contribution in [3.63, 3.8) is 0 Å². The van der Waals surface area contributed by atoms with Gasteiger partial charge in [0.15, 0.2) is 6.10 Å². The highest BCUT2D eigenvalue weighted by Crippen LogP contribution is 2.38. The van der Waals surface area contributed by atoms with Crippen molar-refractivity contribution < 1.29 is 42.1 Å². The topological polar surface area (TPSA) is 111 Å². The maximum atomic E-state index is 12.9. The van der Waals surface area contributed by atoms with Gasteiger partial charge in [-0.15, -0.1) is 0 Å². The number of rotatable bonds is 86.